The maximum atomic E-state index is 11.9. The number of allylic oxidation sites excluding steroid dienone is 2. The molecule has 1 heterocycles. The molecule has 5 aliphatic rings. The first-order valence-corrected chi connectivity index (χ1v) is 9.10. The van der Waals surface area contributed by atoms with E-state index in [9.17, 15) is 4.79 Å². The minimum absolute atomic E-state index is 0.249. The predicted octanol–water partition coefficient (Wildman–Crippen LogP) is 3.63. The van der Waals surface area contributed by atoms with Crippen LogP contribution in [0.2, 0.25) is 0 Å². The Morgan fingerprint density at radius 3 is 2.73 bits per heavy atom. The molecule has 0 N–H and O–H groups in total. The van der Waals surface area contributed by atoms with Crippen LogP contribution in [0, 0.1) is 22.7 Å². The van der Waals surface area contributed by atoms with E-state index in [-0.39, 0.29) is 11.2 Å². The van der Waals surface area contributed by atoms with Crippen LogP contribution in [0.3, 0.4) is 0 Å². The maximum absolute atomic E-state index is 11.9. The van der Waals surface area contributed by atoms with E-state index < -0.39 is 0 Å². The minimum atomic E-state index is -0.257. The van der Waals surface area contributed by atoms with Gasteiger partial charge in [-0.1, -0.05) is 12.5 Å². The third-order valence-corrected chi connectivity index (χ3v) is 8.06. The van der Waals surface area contributed by atoms with Crippen LogP contribution in [0.25, 0.3) is 0 Å². The maximum Gasteiger partial charge on any atom is 0.171 e. The van der Waals surface area contributed by atoms with Crippen molar-refractivity contribution in [1.82, 2.24) is 0 Å². The van der Waals surface area contributed by atoms with Crippen LogP contribution < -0.4 is 0 Å². The van der Waals surface area contributed by atoms with E-state index in [4.69, 9.17) is 9.47 Å². The molecule has 0 aromatic carbocycles. The Labute approximate surface area is 132 Å². The van der Waals surface area contributed by atoms with E-state index in [2.05, 4.69) is 6.92 Å². The van der Waals surface area contributed by atoms with Crippen LogP contribution in [0.4, 0.5) is 0 Å². The van der Waals surface area contributed by atoms with Crippen molar-refractivity contribution in [1.29, 1.82) is 0 Å². The predicted molar refractivity (Wildman–Crippen MR) is 82.2 cm³/mol. The highest BCUT2D eigenvalue weighted by atomic mass is 16.7. The fraction of sp³-hybridized carbons (Fsp3) is 0.842. The number of carbonyl (C=O) groups excluding carboxylic acids is 1. The number of hydrogen-bond acceptors (Lipinski definition) is 3. The summed E-state index contributed by atoms with van der Waals surface area (Å²) in [5.41, 5.74) is 2.12. The lowest BCUT2D eigenvalue weighted by Gasteiger charge is -2.58. The zero-order chi connectivity index (χ0) is 15.0. The van der Waals surface area contributed by atoms with E-state index in [0.717, 1.165) is 44.8 Å². The summed E-state index contributed by atoms with van der Waals surface area (Å²) < 4.78 is 12.2. The van der Waals surface area contributed by atoms with E-state index in [0.29, 0.717) is 17.1 Å². The highest BCUT2D eigenvalue weighted by Gasteiger charge is 2.67. The van der Waals surface area contributed by atoms with Gasteiger partial charge in [0.1, 0.15) is 0 Å². The molecule has 0 amide bonds. The van der Waals surface area contributed by atoms with Crippen LogP contribution in [0.1, 0.15) is 58.3 Å². The van der Waals surface area contributed by atoms with E-state index in [1.54, 1.807) is 0 Å². The molecule has 0 aromatic rings. The summed E-state index contributed by atoms with van der Waals surface area (Å²) in [6.07, 6.45) is 11.0. The standard InChI is InChI=1S/C19H26O3/c1-17-5-4-16(20)11-13(17)2-3-14-10-15-12-18(14,17)6-7-19(15)21-8-9-22-19/h11,14-15H,2-10,12H2,1H3/t14-,15+,17-,18-/m0/s1. The van der Waals surface area contributed by atoms with Crippen LogP contribution in [-0.4, -0.2) is 24.8 Å². The van der Waals surface area contributed by atoms with Gasteiger partial charge in [-0.3, -0.25) is 4.79 Å². The molecule has 0 radical (unpaired) electrons. The lowest BCUT2D eigenvalue weighted by atomic mass is 9.46. The molecule has 2 bridgehead atoms. The van der Waals surface area contributed by atoms with Gasteiger partial charge < -0.3 is 9.47 Å². The first kappa shape index (κ1) is 13.7. The number of carbonyl (C=O) groups is 1. The molecule has 0 aromatic heterocycles. The first-order valence-electron chi connectivity index (χ1n) is 9.10. The third kappa shape index (κ3) is 1.48. The molecule has 1 saturated heterocycles. The Kier molecular flexibility index (Phi) is 2.65. The van der Waals surface area contributed by atoms with Crippen molar-refractivity contribution in [2.24, 2.45) is 22.7 Å². The topological polar surface area (TPSA) is 35.5 Å². The third-order valence-electron chi connectivity index (χ3n) is 8.06. The van der Waals surface area contributed by atoms with Gasteiger partial charge in [0.15, 0.2) is 11.6 Å². The van der Waals surface area contributed by atoms with E-state index >= 15 is 0 Å². The van der Waals surface area contributed by atoms with E-state index in [1.807, 2.05) is 6.08 Å². The molecule has 0 unspecified atom stereocenters. The Morgan fingerprint density at radius 2 is 1.91 bits per heavy atom. The second kappa shape index (κ2) is 4.24. The SMILES string of the molecule is C[C@]12CCC(=O)C=C1CC[C@H]1C[C@@H]3C[C@@]12CCC31OCCO1. The van der Waals surface area contributed by atoms with Crippen molar-refractivity contribution in [3.05, 3.63) is 11.6 Å². The van der Waals surface area contributed by atoms with Gasteiger partial charge in [-0.25, -0.2) is 0 Å². The van der Waals surface area contributed by atoms with Crippen molar-refractivity contribution in [3.63, 3.8) is 0 Å². The van der Waals surface area contributed by atoms with Crippen LogP contribution in [0.15, 0.2) is 11.6 Å². The van der Waals surface area contributed by atoms with Crippen molar-refractivity contribution >= 4 is 5.78 Å². The average molecular weight is 302 g/mol. The molecule has 4 aliphatic carbocycles. The number of fused-ring (bicyclic) bond motifs is 3. The normalized spacial score (nSPS) is 49.0. The summed E-state index contributed by atoms with van der Waals surface area (Å²) in [6, 6.07) is 0. The fourth-order valence-electron chi connectivity index (χ4n) is 6.90. The lowest BCUT2D eigenvalue weighted by Crippen LogP contribution is -2.52. The second-order valence-corrected chi connectivity index (χ2v) is 8.51. The molecule has 3 heteroatoms. The Bertz CT molecular complexity index is 559. The number of rotatable bonds is 0. The fourth-order valence-corrected chi connectivity index (χ4v) is 6.90. The zero-order valence-corrected chi connectivity index (χ0v) is 13.5. The highest BCUT2D eigenvalue weighted by molar-refractivity contribution is 5.91. The molecule has 5 rings (SSSR count). The molecule has 3 nitrogen and oxygen atoms in total. The van der Waals surface area contributed by atoms with Crippen molar-refractivity contribution in [3.8, 4) is 0 Å². The summed E-state index contributed by atoms with van der Waals surface area (Å²) in [5.74, 6) is 1.47. The second-order valence-electron chi connectivity index (χ2n) is 8.51. The molecule has 1 aliphatic heterocycles. The van der Waals surface area contributed by atoms with Crippen LogP contribution >= 0.6 is 0 Å². The van der Waals surface area contributed by atoms with Gasteiger partial charge in [-0.15, -0.1) is 0 Å². The summed E-state index contributed by atoms with van der Waals surface area (Å²) in [7, 11) is 0. The number of ether oxygens (including phenoxy) is 2. The molecule has 120 valence electrons. The van der Waals surface area contributed by atoms with Crippen molar-refractivity contribution < 1.29 is 14.3 Å². The van der Waals surface area contributed by atoms with Crippen LogP contribution in [0.5, 0.6) is 0 Å². The summed E-state index contributed by atoms with van der Waals surface area (Å²) in [4.78, 5) is 11.9. The Hall–Kier alpha value is -0.670. The quantitative estimate of drug-likeness (QED) is 0.685. The Balaban J connectivity index is 1.56. The largest absolute Gasteiger partial charge is 0.347 e. The van der Waals surface area contributed by atoms with Gasteiger partial charge in [0.2, 0.25) is 0 Å². The molecule has 2 spiro atoms. The van der Waals surface area contributed by atoms with Gasteiger partial charge in [0.25, 0.3) is 0 Å². The zero-order valence-electron chi connectivity index (χ0n) is 13.5. The molecular formula is C19H26O3. The lowest BCUT2D eigenvalue weighted by molar-refractivity contribution is -0.221. The van der Waals surface area contributed by atoms with Crippen molar-refractivity contribution in [2.45, 2.75) is 64.1 Å². The van der Waals surface area contributed by atoms with Crippen LogP contribution in [-0.2, 0) is 14.3 Å². The smallest absolute Gasteiger partial charge is 0.171 e. The van der Waals surface area contributed by atoms with Gasteiger partial charge >= 0.3 is 0 Å². The molecule has 4 atom stereocenters. The first-order chi connectivity index (χ1) is 10.6. The molecule has 3 saturated carbocycles. The average Bonchev–Trinajstić information content (AvgIpc) is 3.09. The molecule has 22 heavy (non-hydrogen) atoms. The number of ketones is 1. The summed E-state index contributed by atoms with van der Waals surface area (Å²) in [5, 5.41) is 0. The monoisotopic (exact) mass is 302 g/mol. The van der Waals surface area contributed by atoms with Gasteiger partial charge in [-0.2, -0.15) is 0 Å². The molecular weight excluding hydrogens is 276 g/mol. The Morgan fingerprint density at radius 1 is 1.09 bits per heavy atom. The highest BCUT2D eigenvalue weighted by Crippen LogP contribution is 2.73. The summed E-state index contributed by atoms with van der Waals surface area (Å²) >= 11 is 0. The van der Waals surface area contributed by atoms with Gasteiger partial charge in [-0.05, 0) is 61.3 Å². The van der Waals surface area contributed by atoms with Gasteiger partial charge in [0.05, 0.1) is 13.2 Å². The summed E-state index contributed by atoms with van der Waals surface area (Å²) in [6.45, 7) is 4.00. The minimum Gasteiger partial charge on any atom is -0.347 e. The van der Waals surface area contributed by atoms with E-state index in [1.165, 1.54) is 31.3 Å². The number of hydrogen-bond donors (Lipinski definition) is 0. The van der Waals surface area contributed by atoms with Crippen molar-refractivity contribution in [2.75, 3.05) is 13.2 Å². The molecule has 4 fully saturated rings. The van der Waals surface area contributed by atoms with Gasteiger partial charge in [0, 0.05) is 18.8 Å².